The fourth-order valence-electron chi connectivity index (χ4n) is 1.71. The molecule has 0 N–H and O–H groups in total. The number of amides is 1. The summed E-state index contributed by atoms with van der Waals surface area (Å²) in [6.45, 7) is 15.3. The molecule has 0 aromatic carbocycles. The van der Waals surface area contributed by atoms with E-state index in [4.69, 9.17) is 0 Å². The second-order valence-electron chi connectivity index (χ2n) is 4.25. The molecule has 3 nitrogen and oxygen atoms in total. The van der Waals surface area contributed by atoms with E-state index < -0.39 is 0 Å². The highest BCUT2D eigenvalue weighted by atomic mass is 16.2. The van der Waals surface area contributed by atoms with Crippen LogP contribution in [0, 0.1) is 5.92 Å². The Morgan fingerprint density at radius 3 is 1.94 bits per heavy atom. The third-order valence-electron chi connectivity index (χ3n) is 3.31. The molecule has 0 bridgehead atoms. The third kappa shape index (κ3) is 4.97. The Morgan fingerprint density at radius 1 is 1.00 bits per heavy atom. The monoisotopic (exact) mass is 228 g/mol. The van der Waals surface area contributed by atoms with Crippen LogP contribution >= 0.6 is 0 Å². The van der Waals surface area contributed by atoms with Gasteiger partial charge in [0.25, 0.3) is 0 Å². The highest BCUT2D eigenvalue weighted by Crippen LogP contribution is 2.06. The van der Waals surface area contributed by atoms with E-state index in [1.165, 1.54) is 0 Å². The summed E-state index contributed by atoms with van der Waals surface area (Å²) < 4.78 is 0. The van der Waals surface area contributed by atoms with Crippen molar-refractivity contribution in [3.05, 3.63) is 0 Å². The van der Waals surface area contributed by atoms with E-state index in [-0.39, 0.29) is 5.92 Å². The average molecular weight is 228 g/mol. The maximum absolute atomic E-state index is 12.0. The van der Waals surface area contributed by atoms with Crippen LogP contribution in [0.2, 0.25) is 0 Å². The molecule has 0 spiro atoms. The maximum atomic E-state index is 12.0. The van der Waals surface area contributed by atoms with Crippen molar-refractivity contribution in [2.75, 3.05) is 32.7 Å². The zero-order chi connectivity index (χ0) is 12.6. The quantitative estimate of drug-likeness (QED) is 0.636. The molecule has 3 heteroatoms. The SMILES string of the molecule is CCC(C)C(=O)N(CC)CCN(CC)CC. The molecule has 0 aliphatic heterocycles. The molecule has 0 aromatic heterocycles. The van der Waals surface area contributed by atoms with E-state index in [2.05, 4.69) is 32.6 Å². The lowest BCUT2D eigenvalue weighted by Crippen LogP contribution is -2.40. The number of rotatable bonds is 8. The Morgan fingerprint density at radius 2 is 1.56 bits per heavy atom. The Kier molecular flexibility index (Phi) is 8.26. The molecule has 0 rings (SSSR count). The lowest BCUT2D eigenvalue weighted by atomic mass is 10.1. The van der Waals surface area contributed by atoms with Crippen molar-refractivity contribution in [3.63, 3.8) is 0 Å². The Labute approximate surface area is 101 Å². The molecule has 0 saturated carbocycles. The van der Waals surface area contributed by atoms with Gasteiger partial charge in [-0.2, -0.15) is 0 Å². The number of hydrogen-bond donors (Lipinski definition) is 0. The van der Waals surface area contributed by atoms with Crippen molar-refractivity contribution in [2.24, 2.45) is 5.92 Å². The Balaban J connectivity index is 4.14. The zero-order valence-corrected chi connectivity index (χ0v) is 11.6. The van der Waals surface area contributed by atoms with Crippen LogP contribution in [0.1, 0.15) is 41.0 Å². The van der Waals surface area contributed by atoms with Gasteiger partial charge in [-0.15, -0.1) is 0 Å². The Bertz CT molecular complexity index is 190. The summed E-state index contributed by atoms with van der Waals surface area (Å²) in [5, 5.41) is 0. The van der Waals surface area contributed by atoms with E-state index in [1.54, 1.807) is 0 Å². The van der Waals surface area contributed by atoms with Gasteiger partial charge in [0.15, 0.2) is 0 Å². The first-order valence-corrected chi connectivity index (χ1v) is 6.61. The first kappa shape index (κ1) is 15.4. The van der Waals surface area contributed by atoms with Crippen LogP contribution in [-0.4, -0.2) is 48.4 Å². The summed E-state index contributed by atoms with van der Waals surface area (Å²) in [4.78, 5) is 16.3. The van der Waals surface area contributed by atoms with Gasteiger partial charge in [-0.05, 0) is 26.4 Å². The van der Waals surface area contributed by atoms with Gasteiger partial charge in [0, 0.05) is 25.6 Å². The second kappa shape index (κ2) is 8.57. The average Bonchev–Trinajstić information content (AvgIpc) is 2.33. The fraction of sp³-hybridized carbons (Fsp3) is 0.923. The molecule has 1 amide bonds. The van der Waals surface area contributed by atoms with Crippen molar-refractivity contribution >= 4 is 5.91 Å². The van der Waals surface area contributed by atoms with Crippen molar-refractivity contribution in [1.82, 2.24) is 9.80 Å². The molecule has 1 unspecified atom stereocenters. The van der Waals surface area contributed by atoms with Crippen LogP contribution < -0.4 is 0 Å². The number of carbonyl (C=O) groups excluding carboxylic acids is 1. The summed E-state index contributed by atoms with van der Waals surface area (Å²) in [7, 11) is 0. The molecule has 16 heavy (non-hydrogen) atoms. The molecule has 96 valence electrons. The van der Waals surface area contributed by atoms with E-state index >= 15 is 0 Å². The number of carbonyl (C=O) groups is 1. The smallest absolute Gasteiger partial charge is 0.225 e. The summed E-state index contributed by atoms with van der Waals surface area (Å²) in [6, 6.07) is 0. The van der Waals surface area contributed by atoms with Gasteiger partial charge < -0.3 is 9.80 Å². The van der Waals surface area contributed by atoms with Crippen molar-refractivity contribution in [3.8, 4) is 0 Å². The zero-order valence-electron chi connectivity index (χ0n) is 11.6. The van der Waals surface area contributed by atoms with Gasteiger partial charge in [0.1, 0.15) is 0 Å². The second-order valence-corrected chi connectivity index (χ2v) is 4.25. The molecule has 0 aliphatic rings. The summed E-state index contributed by atoms with van der Waals surface area (Å²) >= 11 is 0. The molecule has 0 aromatic rings. The van der Waals surface area contributed by atoms with Crippen LogP contribution in [0.25, 0.3) is 0 Å². The van der Waals surface area contributed by atoms with Gasteiger partial charge in [0.2, 0.25) is 5.91 Å². The molecule has 0 aliphatic carbocycles. The van der Waals surface area contributed by atoms with E-state index in [1.807, 2.05) is 11.8 Å². The van der Waals surface area contributed by atoms with Crippen molar-refractivity contribution in [2.45, 2.75) is 41.0 Å². The first-order chi connectivity index (χ1) is 7.60. The molecule has 1 atom stereocenters. The van der Waals surface area contributed by atoms with E-state index in [0.717, 1.165) is 39.1 Å². The molecule has 0 radical (unpaired) electrons. The van der Waals surface area contributed by atoms with Crippen LogP contribution in [0.5, 0.6) is 0 Å². The first-order valence-electron chi connectivity index (χ1n) is 6.61. The predicted molar refractivity (Wildman–Crippen MR) is 69.5 cm³/mol. The van der Waals surface area contributed by atoms with Crippen molar-refractivity contribution < 1.29 is 4.79 Å². The van der Waals surface area contributed by atoms with E-state index in [9.17, 15) is 4.79 Å². The summed E-state index contributed by atoms with van der Waals surface area (Å²) in [5.41, 5.74) is 0. The van der Waals surface area contributed by atoms with Crippen molar-refractivity contribution in [1.29, 1.82) is 0 Å². The molecule has 0 fully saturated rings. The number of nitrogens with zero attached hydrogens (tertiary/aromatic N) is 2. The van der Waals surface area contributed by atoms with Crippen LogP contribution in [0.4, 0.5) is 0 Å². The van der Waals surface area contributed by atoms with Gasteiger partial charge in [-0.3, -0.25) is 4.79 Å². The Hall–Kier alpha value is -0.570. The van der Waals surface area contributed by atoms with Gasteiger partial charge in [-0.1, -0.05) is 27.7 Å². The molecular formula is C13H28N2O. The van der Waals surface area contributed by atoms with Crippen LogP contribution in [-0.2, 0) is 4.79 Å². The minimum atomic E-state index is 0.164. The maximum Gasteiger partial charge on any atom is 0.225 e. The normalized spacial score (nSPS) is 12.9. The predicted octanol–water partition coefficient (Wildman–Crippen LogP) is 2.22. The minimum absolute atomic E-state index is 0.164. The summed E-state index contributed by atoms with van der Waals surface area (Å²) in [5.74, 6) is 0.466. The number of hydrogen-bond acceptors (Lipinski definition) is 2. The fourth-order valence-corrected chi connectivity index (χ4v) is 1.71. The minimum Gasteiger partial charge on any atom is -0.341 e. The number of likely N-dealkylation sites (N-methyl/N-ethyl adjacent to an activating group) is 2. The van der Waals surface area contributed by atoms with Crippen LogP contribution in [0.15, 0.2) is 0 Å². The highest BCUT2D eigenvalue weighted by Gasteiger charge is 2.17. The largest absolute Gasteiger partial charge is 0.341 e. The molecule has 0 heterocycles. The summed E-state index contributed by atoms with van der Waals surface area (Å²) in [6.07, 6.45) is 0.931. The standard InChI is InChI=1S/C13H28N2O/c1-6-12(5)13(16)15(9-4)11-10-14(7-2)8-3/h12H,6-11H2,1-5H3. The highest BCUT2D eigenvalue weighted by molar-refractivity contribution is 5.78. The van der Waals surface area contributed by atoms with Gasteiger partial charge in [-0.25, -0.2) is 0 Å². The topological polar surface area (TPSA) is 23.6 Å². The molecular weight excluding hydrogens is 200 g/mol. The van der Waals surface area contributed by atoms with Crippen LogP contribution in [0.3, 0.4) is 0 Å². The third-order valence-corrected chi connectivity index (χ3v) is 3.31. The van der Waals surface area contributed by atoms with E-state index in [0.29, 0.717) is 5.91 Å². The lowest BCUT2D eigenvalue weighted by Gasteiger charge is -2.27. The lowest BCUT2D eigenvalue weighted by molar-refractivity contribution is -0.135. The van der Waals surface area contributed by atoms with Gasteiger partial charge in [0.05, 0.1) is 0 Å². The van der Waals surface area contributed by atoms with Gasteiger partial charge >= 0.3 is 0 Å². The molecule has 0 saturated heterocycles.